The molecular weight excluding hydrogens is 755 g/mol. The number of rotatable bonds is 49. The van der Waals surface area contributed by atoms with Gasteiger partial charge in [-0.1, -0.05) is 224 Å². The van der Waals surface area contributed by atoms with Crippen LogP contribution in [0.5, 0.6) is 0 Å². The Kier molecular flexibility index (Phi) is 49.1. The van der Waals surface area contributed by atoms with E-state index in [1.807, 2.05) is 0 Å². The van der Waals surface area contributed by atoms with Gasteiger partial charge in [0, 0.05) is 12.8 Å². The predicted molar refractivity (Wildman–Crippen MR) is 264 cm³/mol. The molecule has 0 radical (unpaired) electrons. The van der Waals surface area contributed by atoms with Crippen molar-refractivity contribution in [1.29, 1.82) is 0 Å². The van der Waals surface area contributed by atoms with Crippen molar-refractivity contribution < 1.29 is 24.5 Å². The van der Waals surface area contributed by atoms with Gasteiger partial charge in [-0.15, -0.1) is 0 Å². The molecule has 3 N–H and O–H groups in total. The van der Waals surface area contributed by atoms with Crippen LogP contribution >= 0.6 is 0 Å². The largest absolute Gasteiger partial charge is 0.466 e. The van der Waals surface area contributed by atoms with Crippen LogP contribution in [-0.2, 0) is 14.3 Å². The van der Waals surface area contributed by atoms with E-state index in [4.69, 9.17) is 4.74 Å². The van der Waals surface area contributed by atoms with Crippen molar-refractivity contribution in [3.8, 4) is 0 Å². The van der Waals surface area contributed by atoms with E-state index in [1.54, 1.807) is 0 Å². The maximum Gasteiger partial charge on any atom is 0.305 e. The van der Waals surface area contributed by atoms with Crippen molar-refractivity contribution in [2.75, 3.05) is 13.2 Å². The summed E-state index contributed by atoms with van der Waals surface area (Å²) >= 11 is 0. The summed E-state index contributed by atoms with van der Waals surface area (Å²) in [5.41, 5.74) is 0. The number of carbonyl (C=O) groups is 2. The summed E-state index contributed by atoms with van der Waals surface area (Å²) in [6.45, 7) is 4.80. The molecule has 0 aliphatic heterocycles. The molecule has 1 amide bonds. The van der Waals surface area contributed by atoms with E-state index in [0.717, 1.165) is 89.9 Å². The van der Waals surface area contributed by atoms with Gasteiger partial charge in [-0.2, -0.15) is 0 Å². The van der Waals surface area contributed by atoms with Gasteiger partial charge in [-0.05, 0) is 77.0 Å². The van der Waals surface area contributed by atoms with E-state index in [2.05, 4.69) is 55.6 Å². The summed E-state index contributed by atoms with van der Waals surface area (Å²) in [5, 5.41) is 23.3. The Morgan fingerprint density at radius 2 is 0.852 bits per heavy atom. The normalized spacial score (nSPS) is 12.9. The first-order valence-electron chi connectivity index (χ1n) is 26.7. The molecule has 0 aromatic carbocycles. The van der Waals surface area contributed by atoms with Crippen molar-refractivity contribution in [3.05, 3.63) is 36.5 Å². The quantitative estimate of drug-likeness (QED) is 0.0322. The van der Waals surface area contributed by atoms with Crippen molar-refractivity contribution >= 4 is 11.9 Å². The van der Waals surface area contributed by atoms with Gasteiger partial charge in [0.2, 0.25) is 5.91 Å². The lowest BCUT2D eigenvalue weighted by Crippen LogP contribution is -2.45. The van der Waals surface area contributed by atoms with Gasteiger partial charge in [0.05, 0.1) is 25.4 Å². The fourth-order valence-corrected chi connectivity index (χ4v) is 8.02. The second-order valence-electron chi connectivity index (χ2n) is 18.2. The van der Waals surface area contributed by atoms with Crippen LogP contribution in [0.2, 0.25) is 0 Å². The number of ether oxygens (including phenoxy) is 1. The fourth-order valence-electron chi connectivity index (χ4n) is 8.02. The van der Waals surface area contributed by atoms with Crippen LogP contribution in [0.15, 0.2) is 36.5 Å². The molecule has 0 aromatic rings. The van der Waals surface area contributed by atoms with Crippen LogP contribution < -0.4 is 5.32 Å². The minimum Gasteiger partial charge on any atom is -0.466 e. The summed E-state index contributed by atoms with van der Waals surface area (Å²) < 4.78 is 5.42. The highest BCUT2D eigenvalue weighted by atomic mass is 16.5. The van der Waals surface area contributed by atoms with Crippen molar-refractivity contribution in [3.63, 3.8) is 0 Å². The molecule has 0 rings (SSSR count). The number of aliphatic hydroxyl groups excluding tert-OH is 2. The topological polar surface area (TPSA) is 95.9 Å². The number of amides is 1. The smallest absolute Gasteiger partial charge is 0.305 e. The van der Waals surface area contributed by atoms with Crippen LogP contribution in [-0.4, -0.2) is 47.4 Å². The third-order valence-electron chi connectivity index (χ3n) is 12.1. The van der Waals surface area contributed by atoms with Gasteiger partial charge >= 0.3 is 5.97 Å². The van der Waals surface area contributed by atoms with E-state index >= 15 is 0 Å². The zero-order valence-corrected chi connectivity index (χ0v) is 40.6. The summed E-state index contributed by atoms with van der Waals surface area (Å²) in [6, 6.07) is -0.569. The molecule has 61 heavy (non-hydrogen) atoms. The molecule has 0 saturated heterocycles. The number of allylic oxidation sites excluding steroid dienone is 6. The maximum atomic E-state index is 12.5. The molecule has 358 valence electrons. The molecule has 2 unspecified atom stereocenters. The number of aliphatic hydroxyl groups is 2. The van der Waals surface area contributed by atoms with Crippen molar-refractivity contribution in [2.45, 2.75) is 289 Å². The zero-order chi connectivity index (χ0) is 44.4. The van der Waals surface area contributed by atoms with Gasteiger partial charge in [-0.3, -0.25) is 9.59 Å². The number of unbranched alkanes of at least 4 members (excludes halogenated alkanes) is 32. The highest BCUT2D eigenvalue weighted by Crippen LogP contribution is 2.17. The lowest BCUT2D eigenvalue weighted by atomic mass is 10.0. The number of nitrogens with one attached hydrogen (secondary N) is 1. The van der Waals surface area contributed by atoms with E-state index in [0.29, 0.717) is 25.9 Å². The molecule has 0 aliphatic rings. The van der Waals surface area contributed by atoms with Crippen molar-refractivity contribution in [2.24, 2.45) is 0 Å². The Morgan fingerprint density at radius 3 is 1.33 bits per heavy atom. The number of esters is 1. The van der Waals surface area contributed by atoms with E-state index in [-0.39, 0.29) is 18.5 Å². The Hall–Kier alpha value is -1.92. The first-order chi connectivity index (χ1) is 30.0. The Balaban J connectivity index is 3.53. The minimum absolute atomic E-state index is 0.0516. The van der Waals surface area contributed by atoms with Crippen LogP contribution in [0.25, 0.3) is 0 Å². The molecule has 0 fully saturated rings. The summed E-state index contributed by atoms with van der Waals surface area (Å²) in [6.07, 6.45) is 61.2. The Bertz CT molecular complexity index is 993. The lowest BCUT2D eigenvalue weighted by molar-refractivity contribution is -0.143. The third kappa shape index (κ3) is 47.4. The van der Waals surface area contributed by atoms with Crippen LogP contribution in [0.3, 0.4) is 0 Å². The molecule has 0 aromatic heterocycles. The average molecular weight is 858 g/mol. The van der Waals surface area contributed by atoms with Gasteiger partial charge in [0.15, 0.2) is 0 Å². The molecule has 0 saturated carbocycles. The molecule has 6 heteroatoms. The number of hydrogen-bond acceptors (Lipinski definition) is 5. The lowest BCUT2D eigenvalue weighted by Gasteiger charge is -2.22. The van der Waals surface area contributed by atoms with Gasteiger partial charge in [0.1, 0.15) is 0 Å². The van der Waals surface area contributed by atoms with Gasteiger partial charge < -0.3 is 20.3 Å². The second kappa shape index (κ2) is 50.7. The number of carbonyl (C=O) groups excluding carboxylic acids is 2. The SMILES string of the molecule is CCC/C=C\C/C=C\CCCCCCCC(=O)OCCCC/C=C\CCCCCCC(=O)NC(CO)C(O)CCCCCCCCCCCCCCCCCCCCCCC. The van der Waals surface area contributed by atoms with Crippen LogP contribution in [0, 0.1) is 0 Å². The molecule has 0 heterocycles. The maximum absolute atomic E-state index is 12.5. The van der Waals surface area contributed by atoms with Gasteiger partial charge in [0.25, 0.3) is 0 Å². The number of hydrogen-bond donors (Lipinski definition) is 3. The fraction of sp³-hybridized carbons (Fsp3) is 0.855. The van der Waals surface area contributed by atoms with Crippen LogP contribution in [0.4, 0.5) is 0 Å². The molecular formula is C55H103NO5. The molecule has 2 atom stereocenters. The first kappa shape index (κ1) is 59.1. The first-order valence-corrected chi connectivity index (χ1v) is 26.7. The average Bonchev–Trinajstić information content (AvgIpc) is 3.26. The molecule has 0 spiro atoms. The monoisotopic (exact) mass is 858 g/mol. The summed E-state index contributed by atoms with van der Waals surface area (Å²) in [7, 11) is 0. The van der Waals surface area contributed by atoms with E-state index in [1.165, 1.54) is 154 Å². The van der Waals surface area contributed by atoms with E-state index < -0.39 is 12.1 Å². The highest BCUT2D eigenvalue weighted by Gasteiger charge is 2.20. The molecule has 6 nitrogen and oxygen atoms in total. The standard InChI is InChI=1S/C55H103NO5/c1-3-5-7-9-11-13-15-17-18-19-20-21-22-23-24-26-27-31-35-39-43-47-53(58)52(51-57)56-54(59)48-44-40-36-32-29-30-34-38-42-46-50-61-55(60)49-45-41-37-33-28-25-16-14-12-10-8-6-4-2/h8,10,14,16,30,34,52-53,57-58H,3-7,9,11-13,15,17-29,31-33,35-51H2,1-2H3,(H,56,59)/b10-8-,16-14-,34-30-. The van der Waals surface area contributed by atoms with Crippen molar-refractivity contribution in [1.82, 2.24) is 5.32 Å². The summed E-state index contributed by atoms with van der Waals surface area (Å²) in [4.78, 5) is 24.5. The Morgan fingerprint density at radius 1 is 0.459 bits per heavy atom. The zero-order valence-electron chi connectivity index (χ0n) is 40.6. The Labute approximate surface area is 379 Å². The van der Waals surface area contributed by atoms with Crippen LogP contribution in [0.1, 0.15) is 277 Å². The minimum atomic E-state index is -0.688. The van der Waals surface area contributed by atoms with E-state index in [9.17, 15) is 19.8 Å². The third-order valence-corrected chi connectivity index (χ3v) is 12.1. The second-order valence-corrected chi connectivity index (χ2v) is 18.2. The molecule has 0 bridgehead atoms. The predicted octanol–water partition coefficient (Wildman–Crippen LogP) is 16.1. The van der Waals surface area contributed by atoms with Gasteiger partial charge in [-0.25, -0.2) is 0 Å². The molecule has 0 aliphatic carbocycles. The summed E-state index contributed by atoms with van der Waals surface area (Å²) in [5.74, 6) is -0.122. The highest BCUT2D eigenvalue weighted by molar-refractivity contribution is 5.76.